The Balaban J connectivity index is 1.56. The predicted molar refractivity (Wildman–Crippen MR) is 110 cm³/mol. The molecule has 1 N–H and O–H groups in total. The van der Waals surface area contributed by atoms with Crippen LogP contribution in [0.2, 0.25) is 0 Å². The van der Waals surface area contributed by atoms with Crippen molar-refractivity contribution in [1.82, 2.24) is 5.32 Å². The van der Waals surface area contributed by atoms with Crippen LogP contribution in [0.3, 0.4) is 0 Å². The number of benzene rings is 2. The largest absolute Gasteiger partial charge is 0.484 e. The second-order valence-corrected chi connectivity index (χ2v) is 8.93. The molecule has 146 valence electrons. The van der Waals surface area contributed by atoms with Gasteiger partial charge in [-0.1, -0.05) is 24.3 Å². The highest BCUT2D eigenvalue weighted by molar-refractivity contribution is 7.92. The molecule has 6 nitrogen and oxygen atoms in total. The van der Waals surface area contributed by atoms with E-state index in [1.807, 2.05) is 17.5 Å². The maximum Gasteiger partial charge on any atom is 0.264 e. The second kappa shape index (κ2) is 8.90. The van der Waals surface area contributed by atoms with E-state index < -0.39 is 10.0 Å². The maximum atomic E-state index is 12.6. The van der Waals surface area contributed by atoms with Crippen LogP contribution in [0, 0.1) is 0 Å². The van der Waals surface area contributed by atoms with E-state index in [1.165, 1.54) is 11.4 Å². The van der Waals surface area contributed by atoms with Gasteiger partial charge in [0.2, 0.25) is 0 Å². The van der Waals surface area contributed by atoms with Gasteiger partial charge in [0.15, 0.2) is 6.61 Å². The summed E-state index contributed by atoms with van der Waals surface area (Å²) in [6, 6.07) is 18.7. The van der Waals surface area contributed by atoms with Crippen LogP contribution in [0.25, 0.3) is 0 Å². The SMILES string of the molecule is CN(c1ccc(OCC(=O)NCc2cccs2)cc1)S(=O)(=O)c1ccccc1. The Hall–Kier alpha value is -2.84. The van der Waals surface area contributed by atoms with Crippen LogP contribution in [0.4, 0.5) is 5.69 Å². The van der Waals surface area contributed by atoms with Crippen LogP contribution in [0.1, 0.15) is 4.88 Å². The monoisotopic (exact) mass is 416 g/mol. The highest BCUT2D eigenvalue weighted by Gasteiger charge is 2.20. The van der Waals surface area contributed by atoms with Gasteiger partial charge >= 0.3 is 0 Å². The standard InChI is InChI=1S/C20H20N2O4S2/c1-22(28(24,25)19-7-3-2-4-8-19)16-9-11-17(12-10-16)26-15-20(23)21-14-18-6-5-13-27-18/h2-13H,14-15H2,1H3,(H,21,23). The fourth-order valence-electron chi connectivity index (χ4n) is 2.44. The molecule has 0 atom stereocenters. The summed E-state index contributed by atoms with van der Waals surface area (Å²) in [5.74, 6) is 0.266. The van der Waals surface area contributed by atoms with E-state index in [9.17, 15) is 13.2 Å². The second-order valence-electron chi connectivity index (χ2n) is 5.92. The molecule has 0 radical (unpaired) electrons. The van der Waals surface area contributed by atoms with E-state index in [0.29, 0.717) is 18.0 Å². The van der Waals surface area contributed by atoms with Gasteiger partial charge in [-0.15, -0.1) is 11.3 Å². The van der Waals surface area contributed by atoms with Gasteiger partial charge < -0.3 is 10.1 Å². The zero-order chi connectivity index (χ0) is 20.0. The number of anilines is 1. The van der Waals surface area contributed by atoms with Crippen molar-refractivity contribution in [2.24, 2.45) is 0 Å². The van der Waals surface area contributed by atoms with Crippen molar-refractivity contribution >= 4 is 33.0 Å². The molecule has 0 aliphatic carbocycles. The molecule has 0 saturated carbocycles. The molecule has 2 aromatic carbocycles. The number of nitrogens with zero attached hydrogens (tertiary/aromatic N) is 1. The van der Waals surface area contributed by atoms with Gasteiger partial charge in [0.25, 0.3) is 15.9 Å². The molecule has 0 aliphatic rings. The number of nitrogens with one attached hydrogen (secondary N) is 1. The van der Waals surface area contributed by atoms with Gasteiger partial charge in [-0.3, -0.25) is 9.10 Å². The summed E-state index contributed by atoms with van der Waals surface area (Å²) in [6.07, 6.45) is 0. The van der Waals surface area contributed by atoms with Gasteiger partial charge in [-0.05, 0) is 47.8 Å². The van der Waals surface area contributed by atoms with Crippen LogP contribution >= 0.6 is 11.3 Å². The summed E-state index contributed by atoms with van der Waals surface area (Å²) in [7, 11) is -2.13. The fraction of sp³-hybridized carbons (Fsp3) is 0.150. The zero-order valence-corrected chi connectivity index (χ0v) is 16.9. The van der Waals surface area contributed by atoms with E-state index in [1.54, 1.807) is 65.9 Å². The number of rotatable bonds is 8. The third kappa shape index (κ3) is 4.90. The fourth-order valence-corrected chi connectivity index (χ4v) is 4.30. The number of hydrogen-bond donors (Lipinski definition) is 1. The lowest BCUT2D eigenvalue weighted by molar-refractivity contribution is -0.123. The molecule has 3 aromatic rings. The zero-order valence-electron chi connectivity index (χ0n) is 15.2. The van der Waals surface area contributed by atoms with Gasteiger partial charge in [-0.25, -0.2) is 8.42 Å². The Morgan fingerprint density at radius 1 is 1.04 bits per heavy atom. The van der Waals surface area contributed by atoms with Crippen molar-refractivity contribution in [3.05, 3.63) is 77.0 Å². The quantitative estimate of drug-likeness (QED) is 0.612. The van der Waals surface area contributed by atoms with E-state index >= 15 is 0 Å². The Labute approximate surface area is 168 Å². The van der Waals surface area contributed by atoms with Crippen molar-refractivity contribution in [3.8, 4) is 5.75 Å². The van der Waals surface area contributed by atoms with Gasteiger partial charge in [0.05, 0.1) is 17.1 Å². The molecule has 3 rings (SSSR count). The molecular weight excluding hydrogens is 396 g/mol. The normalized spacial score (nSPS) is 11.0. The third-order valence-corrected chi connectivity index (χ3v) is 6.69. The molecule has 1 amide bonds. The molecule has 1 aromatic heterocycles. The highest BCUT2D eigenvalue weighted by atomic mass is 32.2. The molecule has 28 heavy (non-hydrogen) atoms. The minimum absolute atomic E-state index is 0.108. The number of carbonyl (C=O) groups excluding carboxylic acids is 1. The Bertz CT molecular complexity index is 1000. The number of ether oxygens (including phenoxy) is 1. The number of amides is 1. The van der Waals surface area contributed by atoms with Crippen molar-refractivity contribution in [2.45, 2.75) is 11.4 Å². The lowest BCUT2D eigenvalue weighted by Gasteiger charge is -2.19. The lowest BCUT2D eigenvalue weighted by Crippen LogP contribution is -2.28. The number of carbonyl (C=O) groups is 1. The molecule has 1 heterocycles. The molecule has 0 aliphatic heterocycles. The molecule has 0 fully saturated rings. The Kier molecular flexibility index (Phi) is 6.33. The predicted octanol–water partition coefficient (Wildman–Crippen LogP) is 3.27. The first-order valence-electron chi connectivity index (χ1n) is 8.53. The smallest absolute Gasteiger partial charge is 0.264 e. The van der Waals surface area contributed by atoms with Crippen molar-refractivity contribution in [3.63, 3.8) is 0 Å². The minimum Gasteiger partial charge on any atom is -0.484 e. The summed E-state index contributed by atoms with van der Waals surface area (Å²) in [4.78, 5) is 13.1. The first-order valence-corrected chi connectivity index (χ1v) is 10.8. The summed E-state index contributed by atoms with van der Waals surface area (Å²) in [5, 5.41) is 4.73. The number of hydrogen-bond acceptors (Lipinski definition) is 5. The van der Waals surface area contributed by atoms with Crippen LogP contribution in [-0.4, -0.2) is 28.0 Å². The van der Waals surface area contributed by atoms with Crippen LogP contribution < -0.4 is 14.4 Å². The van der Waals surface area contributed by atoms with Crippen molar-refractivity contribution in [1.29, 1.82) is 0 Å². The summed E-state index contributed by atoms with van der Waals surface area (Å²) in [6.45, 7) is 0.365. The molecule has 8 heteroatoms. The third-order valence-electron chi connectivity index (χ3n) is 4.01. The topological polar surface area (TPSA) is 75.7 Å². The van der Waals surface area contributed by atoms with E-state index in [2.05, 4.69) is 5.32 Å². The summed E-state index contributed by atoms with van der Waals surface area (Å²) in [5.41, 5.74) is 0.498. The van der Waals surface area contributed by atoms with Crippen LogP contribution in [0.5, 0.6) is 5.75 Å². The van der Waals surface area contributed by atoms with Crippen LogP contribution in [-0.2, 0) is 21.4 Å². The van der Waals surface area contributed by atoms with Gasteiger partial charge in [0.1, 0.15) is 5.75 Å². The Morgan fingerprint density at radius 3 is 2.39 bits per heavy atom. The lowest BCUT2D eigenvalue weighted by atomic mass is 10.3. The molecule has 0 saturated heterocycles. The molecule has 0 bridgehead atoms. The Morgan fingerprint density at radius 2 is 1.75 bits per heavy atom. The maximum absolute atomic E-state index is 12.6. The van der Waals surface area contributed by atoms with Crippen LogP contribution in [0.15, 0.2) is 77.0 Å². The summed E-state index contributed by atoms with van der Waals surface area (Å²) < 4.78 is 32.0. The molecule has 0 spiro atoms. The molecular formula is C20H20N2O4S2. The highest BCUT2D eigenvalue weighted by Crippen LogP contribution is 2.24. The first kappa shape index (κ1) is 19.9. The first-order chi connectivity index (χ1) is 13.5. The van der Waals surface area contributed by atoms with Crippen molar-refractivity contribution < 1.29 is 17.9 Å². The van der Waals surface area contributed by atoms with E-state index in [0.717, 1.165) is 4.88 Å². The molecule has 0 unspecified atom stereocenters. The van der Waals surface area contributed by atoms with E-state index in [-0.39, 0.29) is 17.4 Å². The number of sulfonamides is 1. The van der Waals surface area contributed by atoms with Gasteiger partial charge in [0, 0.05) is 11.9 Å². The van der Waals surface area contributed by atoms with Gasteiger partial charge in [-0.2, -0.15) is 0 Å². The summed E-state index contributed by atoms with van der Waals surface area (Å²) >= 11 is 1.57. The van der Waals surface area contributed by atoms with E-state index in [4.69, 9.17) is 4.74 Å². The average molecular weight is 417 g/mol. The minimum atomic E-state index is -3.63. The number of thiophene rings is 1. The average Bonchev–Trinajstić information content (AvgIpc) is 3.25. The van der Waals surface area contributed by atoms with Crippen molar-refractivity contribution in [2.75, 3.05) is 18.0 Å².